The predicted octanol–water partition coefficient (Wildman–Crippen LogP) is 7.98. The summed E-state index contributed by atoms with van der Waals surface area (Å²) in [6.07, 6.45) is 7.13. The van der Waals surface area contributed by atoms with Gasteiger partial charge in [0.15, 0.2) is 0 Å². The standard InChI is InChI=1S/C29H32N2O2/c1-3-5-7-8-22-9-11-23(12-10-22)24-13-15-25(16-14-24)28-30-31-29(33-28)26-17-19-27(20-18-26)32-21-6-4-2/h9-20H,3-8,21H2,1-2H3. The first-order valence-corrected chi connectivity index (χ1v) is 12.0. The van der Waals surface area contributed by atoms with Crippen molar-refractivity contribution in [1.29, 1.82) is 0 Å². The molecule has 1 aromatic heterocycles. The average Bonchev–Trinajstić information content (AvgIpc) is 3.36. The zero-order valence-corrected chi connectivity index (χ0v) is 19.6. The van der Waals surface area contributed by atoms with Crippen LogP contribution in [0.5, 0.6) is 5.75 Å². The number of nitrogens with zero attached hydrogens (tertiary/aromatic N) is 2. The average molecular weight is 441 g/mol. The Labute approximate surface area is 196 Å². The number of hydrogen-bond donors (Lipinski definition) is 0. The van der Waals surface area contributed by atoms with E-state index in [2.05, 4.69) is 60.4 Å². The molecule has 0 fully saturated rings. The van der Waals surface area contributed by atoms with E-state index in [1.54, 1.807) is 0 Å². The van der Waals surface area contributed by atoms with Gasteiger partial charge in [0.05, 0.1) is 6.61 Å². The predicted molar refractivity (Wildman–Crippen MR) is 134 cm³/mol. The van der Waals surface area contributed by atoms with Gasteiger partial charge in [0, 0.05) is 11.1 Å². The number of benzene rings is 3. The molecule has 4 rings (SSSR count). The van der Waals surface area contributed by atoms with Gasteiger partial charge < -0.3 is 9.15 Å². The van der Waals surface area contributed by atoms with E-state index in [0.717, 1.165) is 42.7 Å². The second-order valence-corrected chi connectivity index (χ2v) is 8.37. The van der Waals surface area contributed by atoms with Crippen LogP contribution in [0, 0.1) is 0 Å². The lowest BCUT2D eigenvalue weighted by Crippen LogP contribution is -1.95. The summed E-state index contributed by atoms with van der Waals surface area (Å²) in [5.74, 6) is 1.88. The van der Waals surface area contributed by atoms with Crippen molar-refractivity contribution in [3.63, 3.8) is 0 Å². The van der Waals surface area contributed by atoms with Gasteiger partial charge in [0.1, 0.15) is 5.75 Å². The van der Waals surface area contributed by atoms with E-state index in [-0.39, 0.29) is 0 Å². The van der Waals surface area contributed by atoms with Crippen molar-refractivity contribution in [2.75, 3.05) is 6.61 Å². The first-order valence-electron chi connectivity index (χ1n) is 12.0. The fourth-order valence-electron chi connectivity index (χ4n) is 3.73. The number of aromatic nitrogens is 2. The van der Waals surface area contributed by atoms with Gasteiger partial charge >= 0.3 is 0 Å². The van der Waals surface area contributed by atoms with E-state index in [4.69, 9.17) is 9.15 Å². The summed E-state index contributed by atoms with van der Waals surface area (Å²) < 4.78 is 11.7. The molecule has 33 heavy (non-hydrogen) atoms. The summed E-state index contributed by atoms with van der Waals surface area (Å²) >= 11 is 0. The third-order valence-electron chi connectivity index (χ3n) is 5.78. The van der Waals surface area contributed by atoms with Crippen LogP contribution >= 0.6 is 0 Å². The van der Waals surface area contributed by atoms with Crippen molar-refractivity contribution >= 4 is 0 Å². The highest BCUT2D eigenvalue weighted by atomic mass is 16.5. The van der Waals surface area contributed by atoms with E-state index < -0.39 is 0 Å². The largest absolute Gasteiger partial charge is 0.494 e. The van der Waals surface area contributed by atoms with Crippen LogP contribution in [0.3, 0.4) is 0 Å². The van der Waals surface area contributed by atoms with Crippen LogP contribution in [0.1, 0.15) is 51.5 Å². The van der Waals surface area contributed by atoms with Crippen LogP contribution in [-0.4, -0.2) is 16.8 Å². The van der Waals surface area contributed by atoms with Gasteiger partial charge in [-0.1, -0.05) is 69.5 Å². The maximum absolute atomic E-state index is 5.94. The molecule has 0 spiro atoms. The summed E-state index contributed by atoms with van der Waals surface area (Å²) in [5, 5.41) is 8.48. The zero-order chi connectivity index (χ0) is 22.9. The molecular formula is C29H32N2O2. The van der Waals surface area contributed by atoms with Gasteiger partial charge in [-0.25, -0.2) is 0 Å². The van der Waals surface area contributed by atoms with E-state index >= 15 is 0 Å². The first kappa shape index (κ1) is 22.8. The Bertz CT molecular complexity index is 1110. The molecule has 1 heterocycles. The fraction of sp³-hybridized carbons (Fsp3) is 0.310. The third-order valence-corrected chi connectivity index (χ3v) is 5.78. The molecule has 170 valence electrons. The highest BCUT2D eigenvalue weighted by Gasteiger charge is 2.11. The van der Waals surface area contributed by atoms with E-state index in [0.29, 0.717) is 11.8 Å². The lowest BCUT2D eigenvalue weighted by atomic mass is 10.0. The Kier molecular flexibility index (Phi) is 7.91. The monoisotopic (exact) mass is 440 g/mol. The number of unbranched alkanes of at least 4 members (excludes halogenated alkanes) is 3. The molecule has 0 saturated heterocycles. The molecule has 0 saturated carbocycles. The Morgan fingerprint density at radius 3 is 1.70 bits per heavy atom. The molecule has 0 aliphatic rings. The molecule has 3 aromatic carbocycles. The minimum absolute atomic E-state index is 0.507. The molecule has 4 nitrogen and oxygen atoms in total. The van der Waals surface area contributed by atoms with Crippen LogP contribution in [0.25, 0.3) is 34.0 Å². The number of aryl methyl sites for hydroxylation is 1. The summed E-state index contributed by atoms with van der Waals surface area (Å²) in [6, 6.07) is 25.0. The molecule has 0 N–H and O–H groups in total. The Balaban J connectivity index is 1.40. The van der Waals surface area contributed by atoms with Crippen molar-refractivity contribution in [3.8, 4) is 39.8 Å². The smallest absolute Gasteiger partial charge is 0.248 e. The van der Waals surface area contributed by atoms with Crippen molar-refractivity contribution in [1.82, 2.24) is 10.2 Å². The molecule has 0 unspecified atom stereocenters. The maximum atomic E-state index is 5.94. The zero-order valence-electron chi connectivity index (χ0n) is 19.6. The Hall–Kier alpha value is -3.40. The van der Waals surface area contributed by atoms with Crippen LogP contribution < -0.4 is 4.74 Å². The van der Waals surface area contributed by atoms with Gasteiger partial charge in [0.25, 0.3) is 0 Å². The minimum Gasteiger partial charge on any atom is -0.494 e. The topological polar surface area (TPSA) is 48.2 Å². The van der Waals surface area contributed by atoms with Gasteiger partial charge in [0.2, 0.25) is 11.8 Å². The van der Waals surface area contributed by atoms with Gasteiger partial charge in [-0.2, -0.15) is 0 Å². The quantitative estimate of drug-likeness (QED) is 0.222. The summed E-state index contributed by atoms with van der Waals surface area (Å²) in [4.78, 5) is 0. The third kappa shape index (κ3) is 6.10. The Morgan fingerprint density at radius 2 is 1.12 bits per heavy atom. The lowest BCUT2D eigenvalue weighted by molar-refractivity contribution is 0.309. The lowest BCUT2D eigenvalue weighted by Gasteiger charge is -2.05. The fourth-order valence-corrected chi connectivity index (χ4v) is 3.73. The molecule has 4 aromatic rings. The first-order chi connectivity index (χ1) is 16.3. The van der Waals surface area contributed by atoms with Gasteiger partial charge in [-0.3, -0.25) is 0 Å². The molecule has 0 bridgehead atoms. The molecular weight excluding hydrogens is 408 g/mol. The number of rotatable bonds is 11. The van der Waals surface area contributed by atoms with E-state index in [9.17, 15) is 0 Å². The van der Waals surface area contributed by atoms with Gasteiger partial charge in [-0.05, 0) is 72.4 Å². The van der Waals surface area contributed by atoms with Crippen LogP contribution in [0.4, 0.5) is 0 Å². The second-order valence-electron chi connectivity index (χ2n) is 8.37. The molecule has 0 aliphatic carbocycles. The van der Waals surface area contributed by atoms with Crippen molar-refractivity contribution in [2.24, 2.45) is 0 Å². The van der Waals surface area contributed by atoms with Gasteiger partial charge in [-0.15, -0.1) is 10.2 Å². The SMILES string of the molecule is CCCCCc1ccc(-c2ccc(-c3nnc(-c4ccc(OCCCC)cc4)o3)cc2)cc1. The van der Waals surface area contributed by atoms with Crippen molar-refractivity contribution < 1.29 is 9.15 Å². The highest BCUT2D eigenvalue weighted by Crippen LogP contribution is 2.28. The molecule has 0 amide bonds. The normalized spacial score (nSPS) is 11.0. The summed E-state index contributed by atoms with van der Waals surface area (Å²) in [5.41, 5.74) is 5.59. The minimum atomic E-state index is 0.507. The van der Waals surface area contributed by atoms with Crippen LogP contribution in [0.15, 0.2) is 77.2 Å². The molecule has 4 heteroatoms. The van der Waals surface area contributed by atoms with Crippen LogP contribution in [-0.2, 0) is 6.42 Å². The van der Waals surface area contributed by atoms with Crippen molar-refractivity contribution in [2.45, 2.75) is 52.4 Å². The summed E-state index contributed by atoms with van der Waals surface area (Å²) in [7, 11) is 0. The number of hydrogen-bond acceptors (Lipinski definition) is 4. The Morgan fingerprint density at radius 1 is 0.606 bits per heavy atom. The van der Waals surface area contributed by atoms with Crippen molar-refractivity contribution in [3.05, 3.63) is 78.4 Å². The molecule has 0 radical (unpaired) electrons. The summed E-state index contributed by atoms with van der Waals surface area (Å²) in [6.45, 7) is 5.13. The number of ether oxygens (including phenoxy) is 1. The molecule has 0 aliphatic heterocycles. The van der Waals surface area contributed by atoms with E-state index in [1.165, 1.54) is 36.0 Å². The maximum Gasteiger partial charge on any atom is 0.248 e. The van der Waals surface area contributed by atoms with E-state index in [1.807, 2.05) is 36.4 Å². The second kappa shape index (κ2) is 11.5. The molecule has 0 atom stereocenters. The highest BCUT2D eigenvalue weighted by molar-refractivity contribution is 5.68. The van der Waals surface area contributed by atoms with Crippen LogP contribution in [0.2, 0.25) is 0 Å².